The molecule has 2 aromatic carbocycles. The van der Waals surface area contributed by atoms with Crippen molar-refractivity contribution in [2.45, 2.75) is 25.4 Å². The number of halogens is 1. The molecule has 0 aliphatic carbocycles. The molecule has 0 radical (unpaired) electrons. The molecule has 2 heterocycles. The fourth-order valence-corrected chi connectivity index (χ4v) is 3.97. The first-order chi connectivity index (χ1) is 13.5. The average molecular weight is 382 g/mol. The monoisotopic (exact) mass is 382 g/mol. The highest BCUT2D eigenvalue weighted by molar-refractivity contribution is 5.95. The number of hydrogen-bond acceptors (Lipinski definition) is 3. The highest BCUT2D eigenvalue weighted by Gasteiger charge is 2.43. The molecule has 2 aromatic rings. The predicted molar refractivity (Wildman–Crippen MR) is 104 cm³/mol. The molecule has 0 saturated carbocycles. The Balaban J connectivity index is 1.46. The number of anilines is 1. The van der Waals surface area contributed by atoms with Crippen molar-refractivity contribution in [2.24, 2.45) is 0 Å². The van der Waals surface area contributed by atoms with E-state index in [0.717, 1.165) is 5.56 Å². The van der Waals surface area contributed by atoms with Crippen LogP contribution in [0, 0.1) is 12.7 Å². The summed E-state index contributed by atoms with van der Waals surface area (Å²) in [5, 5.41) is 0. The molecule has 2 aliphatic heterocycles. The minimum Gasteiger partial charge on any atom is -0.363 e. The Morgan fingerprint density at radius 2 is 1.86 bits per heavy atom. The molecule has 2 aliphatic rings. The number of nitrogens with zero attached hydrogens (tertiary/aromatic N) is 2. The first-order valence-electron chi connectivity index (χ1n) is 9.52. The minimum absolute atomic E-state index is 0.0208. The Morgan fingerprint density at radius 1 is 1.11 bits per heavy atom. The normalized spacial score (nSPS) is 19.1. The summed E-state index contributed by atoms with van der Waals surface area (Å²) >= 11 is 0. The van der Waals surface area contributed by atoms with Crippen LogP contribution in [-0.4, -0.2) is 48.6 Å². The first-order valence-corrected chi connectivity index (χ1v) is 9.52. The molecule has 1 spiro atoms. The fraction of sp³-hybridized carbons (Fsp3) is 0.364. The number of amides is 2. The van der Waals surface area contributed by atoms with Gasteiger partial charge in [-0.15, -0.1) is 0 Å². The summed E-state index contributed by atoms with van der Waals surface area (Å²) in [6, 6.07) is 13.7. The molecule has 28 heavy (non-hydrogen) atoms. The van der Waals surface area contributed by atoms with E-state index in [9.17, 15) is 14.0 Å². The molecule has 146 valence electrons. The number of rotatable bonds is 2. The van der Waals surface area contributed by atoms with Gasteiger partial charge in [0.25, 0.3) is 11.8 Å². The predicted octanol–water partition coefficient (Wildman–Crippen LogP) is 3.17. The molecule has 4 rings (SSSR count). The molecule has 2 fully saturated rings. The van der Waals surface area contributed by atoms with E-state index >= 15 is 0 Å². The van der Waals surface area contributed by atoms with Gasteiger partial charge in [0.2, 0.25) is 0 Å². The third-order valence-electron chi connectivity index (χ3n) is 5.60. The van der Waals surface area contributed by atoms with Gasteiger partial charge in [-0.2, -0.15) is 0 Å². The van der Waals surface area contributed by atoms with Gasteiger partial charge in [0.05, 0.1) is 12.1 Å². The largest absolute Gasteiger partial charge is 0.363 e. The van der Waals surface area contributed by atoms with Gasteiger partial charge < -0.3 is 14.5 Å². The summed E-state index contributed by atoms with van der Waals surface area (Å²) in [5.74, 6) is -0.522. The molecule has 2 amide bonds. The second kappa shape index (κ2) is 7.36. The van der Waals surface area contributed by atoms with Crippen molar-refractivity contribution in [3.63, 3.8) is 0 Å². The zero-order valence-electron chi connectivity index (χ0n) is 15.9. The quantitative estimate of drug-likeness (QED) is 0.802. The van der Waals surface area contributed by atoms with E-state index in [2.05, 4.69) is 0 Å². The van der Waals surface area contributed by atoms with Crippen molar-refractivity contribution in [1.29, 1.82) is 0 Å². The maximum absolute atomic E-state index is 13.6. The van der Waals surface area contributed by atoms with Gasteiger partial charge in [-0.1, -0.05) is 23.8 Å². The Labute approximate surface area is 163 Å². The molecule has 6 heteroatoms. The van der Waals surface area contributed by atoms with Crippen LogP contribution in [-0.2, 0) is 9.53 Å². The van der Waals surface area contributed by atoms with Crippen LogP contribution in [0.5, 0.6) is 0 Å². The Hall–Kier alpha value is -2.73. The summed E-state index contributed by atoms with van der Waals surface area (Å²) in [6.45, 7) is 3.45. The Morgan fingerprint density at radius 3 is 2.57 bits per heavy atom. The summed E-state index contributed by atoms with van der Waals surface area (Å²) in [7, 11) is 0. The van der Waals surface area contributed by atoms with E-state index in [1.54, 1.807) is 17.0 Å². The highest BCUT2D eigenvalue weighted by Crippen LogP contribution is 2.33. The number of aryl methyl sites for hydroxylation is 1. The fourth-order valence-electron chi connectivity index (χ4n) is 3.97. The van der Waals surface area contributed by atoms with Crippen LogP contribution >= 0.6 is 0 Å². The molecule has 0 aromatic heterocycles. The Bertz CT molecular complexity index is 906. The van der Waals surface area contributed by atoms with E-state index in [0.29, 0.717) is 43.7 Å². The van der Waals surface area contributed by atoms with Crippen LogP contribution in [0.15, 0.2) is 48.5 Å². The van der Waals surface area contributed by atoms with Crippen LogP contribution in [0.4, 0.5) is 10.1 Å². The third-order valence-corrected chi connectivity index (χ3v) is 5.60. The number of carbonyl (C=O) groups is 2. The van der Waals surface area contributed by atoms with E-state index in [1.165, 1.54) is 12.1 Å². The van der Waals surface area contributed by atoms with Crippen LogP contribution in [0.25, 0.3) is 0 Å². The van der Waals surface area contributed by atoms with E-state index < -0.39 is 5.60 Å². The molecule has 2 saturated heterocycles. The summed E-state index contributed by atoms with van der Waals surface area (Å²) < 4.78 is 19.5. The number of benzene rings is 2. The van der Waals surface area contributed by atoms with Gasteiger partial charge in [-0.05, 0) is 50.1 Å². The standard InChI is InChI=1S/C22H23FN2O3/c1-16-4-2-5-17(12-16)21(27)24-10-8-22(9-11-24)15-25(20(26)14-28-22)19-7-3-6-18(23)13-19/h2-7,12-13H,8-11,14-15H2,1H3. The molecule has 0 bridgehead atoms. The maximum atomic E-state index is 13.6. The van der Waals surface area contributed by atoms with Crippen molar-refractivity contribution < 1.29 is 18.7 Å². The van der Waals surface area contributed by atoms with Crippen molar-refractivity contribution >= 4 is 17.5 Å². The maximum Gasteiger partial charge on any atom is 0.253 e. The van der Waals surface area contributed by atoms with Crippen LogP contribution in [0.3, 0.4) is 0 Å². The molecular formula is C22H23FN2O3. The van der Waals surface area contributed by atoms with Gasteiger partial charge in [0, 0.05) is 24.3 Å². The zero-order chi connectivity index (χ0) is 19.7. The van der Waals surface area contributed by atoms with Crippen molar-refractivity contribution in [1.82, 2.24) is 4.90 Å². The third kappa shape index (κ3) is 3.64. The van der Waals surface area contributed by atoms with Gasteiger partial charge in [-0.25, -0.2) is 4.39 Å². The van der Waals surface area contributed by atoms with Crippen LogP contribution in [0.2, 0.25) is 0 Å². The summed E-state index contributed by atoms with van der Waals surface area (Å²) in [4.78, 5) is 28.6. The topological polar surface area (TPSA) is 49.9 Å². The number of carbonyl (C=O) groups excluding carboxylic acids is 2. The number of hydrogen-bond donors (Lipinski definition) is 0. The lowest BCUT2D eigenvalue weighted by Crippen LogP contribution is -2.59. The molecule has 5 nitrogen and oxygen atoms in total. The summed E-state index contributed by atoms with van der Waals surface area (Å²) in [6.07, 6.45) is 1.29. The smallest absolute Gasteiger partial charge is 0.253 e. The molecule has 0 N–H and O–H groups in total. The average Bonchev–Trinajstić information content (AvgIpc) is 2.70. The van der Waals surface area contributed by atoms with E-state index in [-0.39, 0.29) is 24.2 Å². The van der Waals surface area contributed by atoms with Crippen LogP contribution < -0.4 is 4.90 Å². The number of morpholine rings is 1. The SMILES string of the molecule is Cc1cccc(C(=O)N2CCC3(CC2)CN(c2cccc(F)c2)C(=O)CO3)c1. The number of likely N-dealkylation sites (tertiary alicyclic amines) is 1. The summed E-state index contributed by atoms with van der Waals surface area (Å²) in [5.41, 5.74) is 1.80. The number of ether oxygens (including phenoxy) is 1. The lowest BCUT2D eigenvalue weighted by Gasteiger charge is -2.47. The van der Waals surface area contributed by atoms with Gasteiger partial charge in [0.15, 0.2) is 0 Å². The molecule has 0 atom stereocenters. The van der Waals surface area contributed by atoms with Crippen molar-refractivity contribution in [3.8, 4) is 0 Å². The molecular weight excluding hydrogens is 359 g/mol. The van der Waals surface area contributed by atoms with Crippen molar-refractivity contribution in [3.05, 3.63) is 65.5 Å². The lowest BCUT2D eigenvalue weighted by atomic mass is 9.88. The van der Waals surface area contributed by atoms with Crippen molar-refractivity contribution in [2.75, 3.05) is 31.1 Å². The zero-order valence-corrected chi connectivity index (χ0v) is 15.9. The second-order valence-corrected chi connectivity index (χ2v) is 7.59. The van der Waals surface area contributed by atoms with Gasteiger partial charge >= 0.3 is 0 Å². The minimum atomic E-state index is -0.496. The van der Waals surface area contributed by atoms with Crippen LogP contribution in [0.1, 0.15) is 28.8 Å². The first kappa shape index (κ1) is 18.6. The highest BCUT2D eigenvalue weighted by atomic mass is 19.1. The number of piperidine rings is 1. The second-order valence-electron chi connectivity index (χ2n) is 7.59. The van der Waals surface area contributed by atoms with Gasteiger partial charge in [-0.3, -0.25) is 9.59 Å². The van der Waals surface area contributed by atoms with E-state index in [1.807, 2.05) is 36.1 Å². The Kier molecular flexibility index (Phi) is 4.89. The van der Waals surface area contributed by atoms with E-state index in [4.69, 9.17) is 4.74 Å². The molecule has 0 unspecified atom stereocenters. The lowest BCUT2D eigenvalue weighted by molar-refractivity contribution is -0.143. The van der Waals surface area contributed by atoms with Gasteiger partial charge in [0.1, 0.15) is 12.4 Å².